The molecular weight excluding hydrogens is 346 g/mol. The van der Waals surface area contributed by atoms with Gasteiger partial charge < -0.3 is 24.6 Å². The number of amides is 1. The van der Waals surface area contributed by atoms with Crippen molar-refractivity contribution in [1.82, 2.24) is 9.80 Å². The number of carbonyl (C=O) groups excluding carboxylic acids is 1. The van der Waals surface area contributed by atoms with Crippen LogP contribution in [-0.2, 0) is 4.79 Å². The van der Waals surface area contributed by atoms with Crippen LogP contribution in [0.25, 0.3) is 0 Å². The zero-order valence-corrected chi connectivity index (χ0v) is 15.8. The summed E-state index contributed by atoms with van der Waals surface area (Å²) >= 11 is 6.82. The molecule has 1 saturated heterocycles. The predicted octanol–water partition coefficient (Wildman–Crippen LogP) is 1.91. The Labute approximate surface area is 152 Å². The normalized spacial score (nSPS) is 15.0. The van der Waals surface area contributed by atoms with Crippen molar-refractivity contribution in [2.24, 2.45) is 0 Å². The second-order valence-electron chi connectivity index (χ2n) is 5.49. The van der Waals surface area contributed by atoms with Gasteiger partial charge in [-0.3, -0.25) is 4.79 Å². The number of hydrogen-bond acceptors (Lipinski definition) is 6. The molecule has 0 unspecified atom stereocenters. The van der Waals surface area contributed by atoms with Crippen LogP contribution in [0.15, 0.2) is 18.2 Å². The molecule has 0 bridgehead atoms. The lowest BCUT2D eigenvalue weighted by molar-refractivity contribution is -0.113. The summed E-state index contributed by atoms with van der Waals surface area (Å²) in [5.41, 5.74) is 0.641. The summed E-state index contributed by atoms with van der Waals surface area (Å²) in [5, 5.41) is 2.85. The molecule has 1 fully saturated rings. The number of hydrogen-bond donors (Lipinski definition) is 1. The van der Waals surface area contributed by atoms with Gasteiger partial charge in [-0.15, -0.1) is 0 Å². The van der Waals surface area contributed by atoms with E-state index in [4.69, 9.17) is 21.7 Å². The van der Waals surface area contributed by atoms with Crippen LogP contribution in [0.2, 0.25) is 0 Å². The number of nitrogens with zero attached hydrogens (tertiary/aromatic N) is 2. The lowest BCUT2D eigenvalue weighted by atomic mass is 10.2. The molecule has 1 aliphatic heterocycles. The number of likely N-dealkylation sites (N-methyl/N-ethyl adjacent to an activating group) is 1. The van der Waals surface area contributed by atoms with Crippen molar-refractivity contribution >= 4 is 39.9 Å². The Hall–Kier alpha value is -1.51. The monoisotopic (exact) mass is 369 g/mol. The average molecular weight is 370 g/mol. The lowest BCUT2D eigenvalue weighted by Crippen LogP contribution is -2.46. The van der Waals surface area contributed by atoms with Gasteiger partial charge >= 0.3 is 0 Å². The van der Waals surface area contributed by atoms with Crippen molar-refractivity contribution in [3.63, 3.8) is 0 Å². The molecule has 0 saturated carbocycles. The predicted molar refractivity (Wildman–Crippen MR) is 102 cm³/mol. The highest BCUT2D eigenvalue weighted by Crippen LogP contribution is 2.26. The number of nitrogens with one attached hydrogen (secondary N) is 1. The zero-order chi connectivity index (χ0) is 17.5. The van der Waals surface area contributed by atoms with Gasteiger partial charge in [0.15, 0.2) is 0 Å². The second-order valence-corrected chi connectivity index (χ2v) is 7.10. The highest BCUT2D eigenvalue weighted by Gasteiger charge is 2.17. The van der Waals surface area contributed by atoms with Gasteiger partial charge in [-0.2, -0.15) is 0 Å². The quantitative estimate of drug-likeness (QED) is 0.796. The summed E-state index contributed by atoms with van der Waals surface area (Å²) in [6.07, 6.45) is 0. The Kier molecular flexibility index (Phi) is 7.14. The lowest BCUT2D eigenvalue weighted by Gasteiger charge is -2.33. The Morgan fingerprint density at radius 1 is 1.17 bits per heavy atom. The smallest absolute Gasteiger partial charge is 0.234 e. The molecule has 1 amide bonds. The van der Waals surface area contributed by atoms with E-state index in [1.165, 1.54) is 11.8 Å². The van der Waals surface area contributed by atoms with Crippen LogP contribution in [0.4, 0.5) is 5.69 Å². The van der Waals surface area contributed by atoms with E-state index < -0.39 is 0 Å². The minimum absolute atomic E-state index is 0.105. The van der Waals surface area contributed by atoms with Crippen LogP contribution < -0.4 is 14.8 Å². The van der Waals surface area contributed by atoms with Gasteiger partial charge in [0.1, 0.15) is 15.8 Å². The number of carbonyl (C=O) groups is 1. The van der Waals surface area contributed by atoms with Gasteiger partial charge in [0.05, 0.1) is 20.0 Å². The third-order valence-corrected chi connectivity index (χ3v) is 5.25. The number of benzene rings is 1. The molecule has 2 rings (SSSR count). The molecule has 6 nitrogen and oxygen atoms in total. The van der Waals surface area contributed by atoms with Crippen molar-refractivity contribution in [2.75, 3.05) is 58.5 Å². The largest absolute Gasteiger partial charge is 0.497 e. The highest BCUT2D eigenvalue weighted by molar-refractivity contribution is 8.23. The Morgan fingerprint density at radius 2 is 1.75 bits per heavy atom. The Morgan fingerprint density at radius 3 is 2.29 bits per heavy atom. The van der Waals surface area contributed by atoms with Gasteiger partial charge in [0, 0.05) is 50.1 Å². The fraction of sp³-hybridized carbons (Fsp3) is 0.500. The van der Waals surface area contributed by atoms with Gasteiger partial charge in [-0.1, -0.05) is 24.0 Å². The molecule has 0 radical (unpaired) electrons. The van der Waals surface area contributed by atoms with Crippen molar-refractivity contribution in [3.8, 4) is 11.5 Å². The molecule has 0 aromatic heterocycles. The van der Waals surface area contributed by atoms with E-state index in [9.17, 15) is 4.79 Å². The minimum atomic E-state index is -0.105. The number of methoxy groups -OCH3 is 2. The van der Waals surface area contributed by atoms with Crippen molar-refractivity contribution in [2.45, 2.75) is 0 Å². The van der Waals surface area contributed by atoms with Crippen LogP contribution in [0, 0.1) is 0 Å². The summed E-state index contributed by atoms with van der Waals surface area (Å²) in [5.74, 6) is 1.44. The summed E-state index contributed by atoms with van der Waals surface area (Å²) in [4.78, 5) is 16.6. The van der Waals surface area contributed by atoms with E-state index in [1.807, 2.05) is 0 Å². The SMILES string of the molecule is COc1cc(NC(=O)CSC(=S)N2CCN(C)CC2)cc(OC)c1. The summed E-state index contributed by atoms with van der Waals surface area (Å²) < 4.78 is 11.2. The van der Waals surface area contributed by atoms with Gasteiger partial charge in [-0.25, -0.2) is 0 Å². The maximum absolute atomic E-state index is 12.2. The topological polar surface area (TPSA) is 54.0 Å². The fourth-order valence-corrected chi connectivity index (χ4v) is 3.34. The first-order chi connectivity index (χ1) is 11.5. The van der Waals surface area contributed by atoms with Crippen molar-refractivity contribution in [3.05, 3.63) is 18.2 Å². The summed E-state index contributed by atoms with van der Waals surface area (Å²) in [6.45, 7) is 3.82. The molecule has 1 aromatic rings. The van der Waals surface area contributed by atoms with E-state index in [0.717, 1.165) is 30.5 Å². The average Bonchev–Trinajstić information content (AvgIpc) is 2.59. The molecule has 0 spiro atoms. The second kappa shape index (κ2) is 9.10. The first-order valence-electron chi connectivity index (χ1n) is 7.65. The maximum Gasteiger partial charge on any atom is 0.234 e. The zero-order valence-electron chi connectivity index (χ0n) is 14.2. The van der Waals surface area contributed by atoms with Crippen LogP contribution in [0.5, 0.6) is 11.5 Å². The Bertz CT molecular complexity index is 568. The molecule has 1 N–H and O–H groups in total. The van der Waals surface area contributed by atoms with Crippen LogP contribution in [0.3, 0.4) is 0 Å². The minimum Gasteiger partial charge on any atom is -0.497 e. The number of thioether (sulfide) groups is 1. The number of piperazine rings is 1. The Balaban J connectivity index is 1.84. The number of rotatable bonds is 5. The van der Waals surface area contributed by atoms with E-state index in [2.05, 4.69) is 22.2 Å². The summed E-state index contributed by atoms with van der Waals surface area (Å²) in [7, 11) is 5.25. The molecule has 132 valence electrons. The van der Waals surface area contributed by atoms with E-state index in [-0.39, 0.29) is 11.7 Å². The molecule has 8 heteroatoms. The van der Waals surface area contributed by atoms with E-state index in [1.54, 1.807) is 32.4 Å². The highest BCUT2D eigenvalue weighted by atomic mass is 32.2. The standard InChI is InChI=1S/C16H23N3O3S2/c1-18-4-6-19(7-5-18)16(23)24-11-15(20)17-12-8-13(21-2)10-14(9-12)22-3/h8-10H,4-7,11H2,1-3H3,(H,17,20). The van der Waals surface area contributed by atoms with Crippen LogP contribution >= 0.6 is 24.0 Å². The molecule has 24 heavy (non-hydrogen) atoms. The first kappa shape index (κ1) is 18.8. The number of ether oxygens (including phenoxy) is 2. The maximum atomic E-state index is 12.2. The van der Waals surface area contributed by atoms with E-state index in [0.29, 0.717) is 17.2 Å². The van der Waals surface area contributed by atoms with Crippen LogP contribution in [-0.4, -0.2) is 73.2 Å². The van der Waals surface area contributed by atoms with E-state index >= 15 is 0 Å². The molecule has 0 aliphatic carbocycles. The van der Waals surface area contributed by atoms with Crippen molar-refractivity contribution < 1.29 is 14.3 Å². The third-order valence-electron chi connectivity index (χ3n) is 3.72. The van der Waals surface area contributed by atoms with Crippen LogP contribution in [0.1, 0.15) is 0 Å². The van der Waals surface area contributed by atoms with Gasteiger partial charge in [0.2, 0.25) is 5.91 Å². The number of anilines is 1. The molecule has 1 aromatic carbocycles. The number of thiocarbonyl (C=S) groups is 1. The molecular formula is C16H23N3O3S2. The summed E-state index contributed by atoms with van der Waals surface area (Å²) in [6, 6.07) is 5.26. The fourth-order valence-electron chi connectivity index (χ4n) is 2.28. The third kappa shape index (κ3) is 5.54. The molecule has 0 atom stereocenters. The molecule has 1 heterocycles. The first-order valence-corrected chi connectivity index (χ1v) is 9.04. The molecule has 1 aliphatic rings. The van der Waals surface area contributed by atoms with Gasteiger partial charge in [0.25, 0.3) is 0 Å². The van der Waals surface area contributed by atoms with Gasteiger partial charge in [-0.05, 0) is 7.05 Å². The van der Waals surface area contributed by atoms with Crippen molar-refractivity contribution in [1.29, 1.82) is 0 Å².